The number of aliphatic hydroxyl groups is 5. The van der Waals surface area contributed by atoms with Crippen molar-refractivity contribution in [1.82, 2.24) is 0 Å². The van der Waals surface area contributed by atoms with Gasteiger partial charge in [-0.25, -0.2) is 0 Å². The summed E-state index contributed by atoms with van der Waals surface area (Å²) in [6.07, 6.45) is -10.8. The molecule has 0 radical (unpaired) electrons. The Morgan fingerprint density at radius 3 is 1.84 bits per heavy atom. The Kier molecular flexibility index (Phi) is 8.79. The van der Waals surface area contributed by atoms with Crippen LogP contribution in [0.25, 0.3) is 0 Å². The first-order valence-electron chi connectivity index (χ1n) is 10.8. The van der Waals surface area contributed by atoms with E-state index in [9.17, 15) is 25.5 Å². The summed E-state index contributed by atoms with van der Waals surface area (Å²) in [5.41, 5.74) is 29.8. The molecule has 2 saturated heterocycles. The molecule has 0 aromatic heterocycles. The summed E-state index contributed by atoms with van der Waals surface area (Å²) in [5, 5.41) is 50.7. The molecule has 0 amide bonds. The summed E-state index contributed by atoms with van der Waals surface area (Å²) >= 11 is 0. The van der Waals surface area contributed by atoms with Gasteiger partial charge in [-0.3, -0.25) is 0 Å². The van der Waals surface area contributed by atoms with Crippen LogP contribution in [0, 0.1) is 0 Å². The van der Waals surface area contributed by atoms with Gasteiger partial charge in [-0.2, -0.15) is 0 Å². The Labute approximate surface area is 185 Å². The van der Waals surface area contributed by atoms with E-state index in [1.807, 2.05) is 0 Å². The maximum absolute atomic E-state index is 11.0. The minimum atomic E-state index is -1.44. The second-order valence-electron chi connectivity index (χ2n) is 8.78. The Hall–Kier alpha value is -0.560. The molecule has 0 spiro atoms. The molecule has 32 heavy (non-hydrogen) atoms. The molecule has 1 saturated carbocycles. The van der Waals surface area contributed by atoms with Crippen molar-refractivity contribution in [1.29, 1.82) is 0 Å². The van der Waals surface area contributed by atoms with Gasteiger partial charge < -0.3 is 73.1 Å². The Bertz CT molecular complexity index is 607. The van der Waals surface area contributed by atoms with Crippen molar-refractivity contribution in [3.8, 4) is 0 Å². The lowest BCUT2D eigenvalue weighted by Crippen LogP contribution is -2.68. The molecule has 3 rings (SSSR count). The van der Waals surface area contributed by atoms with Crippen LogP contribution >= 0.6 is 0 Å². The molecule has 188 valence electrons. The number of hydrogen-bond donors (Lipinski definition) is 10. The van der Waals surface area contributed by atoms with Crippen LogP contribution in [0.2, 0.25) is 0 Å². The van der Waals surface area contributed by atoms with E-state index in [2.05, 4.69) is 0 Å². The van der Waals surface area contributed by atoms with Crippen molar-refractivity contribution in [2.24, 2.45) is 28.7 Å². The molecule has 14 heteroatoms. The number of ether oxygens (including phenoxy) is 4. The molecule has 2 heterocycles. The van der Waals surface area contributed by atoms with Crippen LogP contribution in [0.3, 0.4) is 0 Å². The molecule has 14 nitrogen and oxygen atoms in total. The highest BCUT2D eigenvalue weighted by molar-refractivity contribution is 5.01. The van der Waals surface area contributed by atoms with E-state index in [0.29, 0.717) is 0 Å². The Morgan fingerprint density at radius 2 is 1.28 bits per heavy atom. The third-order valence-electron chi connectivity index (χ3n) is 6.41. The molecule has 2 aliphatic heterocycles. The van der Waals surface area contributed by atoms with Crippen molar-refractivity contribution in [3.63, 3.8) is 0 Å². The second kappa shape index (κ2) is 10.8. The fourth-order valence-electron chi connectivity index (χ4n) is 4.43. The second-order valence-corrected chi connectivity index (χ2v) is 8.78. The lowest BCUT2D eigenvalue weighted by Gasteiger charge is -2.47. The van der Waals surface area contributed by atoms with Crippen molar-refractivity contribution >= 4 is 0 Å². The third kappa shape index (κ3) is 5.24. The predicted molar refractivity (Wildman–Crippen MR) is 108 cm³/mol. The first-order valence-corrected chi connectivity index (χ1v) is 10.8. The van der Waals surface area contributed by atoms with Crippen molar-refractivity contribution in [2.75, 3.05) is 13.2 Å². The summed E-state index contributed by atoms with van der Waals surface area (Å²) in [6.45, 7) is -0.499. The smallest absolute Gasteiger partial charge is 0.186 e. The van der Waals surface area contributed by atoms with Crippen molar-refractivity contribution < 1.29 is 44.5 Å². The van der Waals surface area contributed by atoms with Crippen LogP contribution < -0.4 is 28.7 Å². The maximum Gasteiger partial charge on any atom is 0.186 e. The molecule has 15 N–H and O–H groups in total. The van der Waals surface area contributed by atoms with Crippen LogP contribution in [0.1, 0.15) is 12.8 Å². The topological polar surface area (TPSA) is 268 Å². The van der Waals surface area contributed by atoms with E-state index in [0.717, 1.165) is 0 Å². The first kappa shape index (κ1) is 26.1. The number of rotatable bonds is 6. The van der Waals surface area contributed by atoms with Gasteiger partial charge in [0.05, 0.1) is 30.9 Å². The SMILES string of the molecule is NC[C@@H]1O[C@H](O[C@H]2[C@@H](O)[C@@H](O[C@@H]3O[C@H](CO)[C@H](O)[C@H](N)[C@@H]3O)[C@@H](N)C[C@H]2N)[C@@H](N)C[C@@H]1O. The zero-order chi connectivity index (χ0) is 23.7. The monoisotopic (exact) mass is 467 g/mol. The molecule has 0 bridgehead atoms. The van der Waals surface area contributed by atoms with Gasteiger partial charge in [0.25, 0.3) is 0 Å². The standard InChI is InChI=1S/C18H37N5O9/c19-3-9-8(25)2-7(22)17(29-9)31-15-5(20)1-6(21)16(14(15)28)32-18-13(27)11(23)12(26)10(4-24)30-18/h5-18,24-28H,1-4,19-23H2/t5-,6+,7+,8+,9+,10-,11+,12+,13+,14-,15-,16+,17-,18+/m1/s1. The molecule has 0 unspecified atom stereocenters. The molecule has 0 aromatic carbocycles. The zero-order valence-corrected chi connectivity index (χ0v) is 17.7. The zero-order valence-electron chi connectivity index (χ0n) is 17.7. The van der Waals surface area contributed by atoms with Crippen molar-refractivity contribution in [2.45, 2.75) is 98.4 Å². The van der Waals surface area contributed by atoms with E-state index in [1.165, 1.54) is 0 Å². The molecular weight excluding hydrogens is 430 g/mol. The minimum absolute atomic E-state index is 0.0542. The summed E-state index contributed by atoms with van der Waals surface area (Å²) in [6, 6.07) is -3.27. The largest absolute Gasteiger partial charge is 0.394 e. The van der Waals surface area contributed by atoms with Crippen LogP contribution in [0.4, 0.5) is 0 Å². The normalized spacial score (nSPS) is 52.7. The van der Waals surface area contributed by atoms with Crippen LogP contribution in [0.5, 0.6) is 0 Å². The molecule has 14 atom stereocenters. The first-order chi connectivity index (χ1) is 15.1. The lowest BCUT2D eigenvalue weighted by atomic mass is 9.84. The van der Waals surface area contributed by atoms with E-state index in [1.54, 1.807) is 0 Å². The van der Waals surface area contributed by atoms with Crippen LogP contribution in [-0.4, -0.2) is 124 Å². The van der Waals surface area contributed by atoms with Gasteiger partial charge in [0.2, 0.25) is 0 Å². The fourth-order valence-corrected chi connectivity index (χ4v) is 4.43. The van der Waals surface area contributed by atoms with Crippen LogP contribution in [0.15, 0.2) is 0 Å². The molecule has 1 aliphatic carbocycles. The van der Waals surface area contributed by atoms with Gasteiger partial charge in [-0.1, -0.05) is 0 Å². The fraction of sp³-hybridized carbons (Fsp3) is 1.00. The highest BCUT2D eigenvalue weighted by Gasteiger charge is 2.50. The van der Waals surface area contributed by atoms with Gasteiger partial charge >= 0.3 is 0 Å². The van der Waals surface area contributed by atoms with Gasteiger partial charge in [0.15, 0.2) is 12.6 Å². The Morgan fingerprint density at radius 1 is 0.719 bits per heavy atom. The number of aliphatic hydroxyl groups excluding tert-OH is 5. The summed E-state index contributed by atoms with van der Waals surface area (Å²) in [5.74, 6) is 0. The number of hydrogen-bond acceptors (Lipinski definition) is 14. The average Bonchev–Trinajstić information content (AvgIpc) is 2.75. The maximum atomic E-state index is 11.0. The minimum Gasteiger partial charge on any atom is -0.394 e. The summed E-state index contributed by atoms with van der Waals surface area (Å²) in [4.78, 5) is 0. The average molecular weight is 468 g/mol. The number of nitrogens with two attached hydrogens (primary N) is 5. The van der Waals surface area contributed by atoms with Gasteiger partial charge in [-0.15, -0.1) is 0 Å². The van der Waals surface area contributed by atoms with E-state index in [-0.39, 0.29) is 19.4 Å². The van der Waals surface area contributed by atoms with E-state index in [4.69, 9.17) is 47.6 Å². The van der Waals surface area contributed by atoms with Gasteiger partial charge in [0, 0.05) is 18.6 Å². The molecule has 3 fully saturated rings. The summed E-state index contributed by atoms with van der Waals surface area (Å²) in [7, 11) is 0. The molecular formula is C18H37N5O9. The van der Waals surface area contributed by atoms with E-state index < -0.39 is 92.2 Å². The molecule has 0 aromatic rings. The van der Waals surface area contributed by atoms with Gasteiger partial charge in [0.1, 0.15) is 36.6 Å². The van der Waals surface area contributed by atoms with E-state index >= 15 is 0 Å². The quantitative estimate of drug-likeness (QED) is 0.174. The third-order valence-corrected chi connectivity index (χ3v) is 6.41. The Balaban J connectivity index is 1.70. The van der Waals surface area contributed by atoms with Gasteiger partial charge in [-0.05, 0) is 12.8 Å². The van der Waals surface area contributed by atoms with Crippen molar-refractivity contribution in [3.05, 3.63) is 0 Å². The highest BCUT2D eigenvalue weighted by Crippen LogP contribution is 2.30. The highest BCUT2D eigenvalue weighted by atomic mass is 16.7. The van der Waals surface area contributed by atoms with Crippen LogP contribution in [-0.2, 0) is 18.9 Å². The predicted octanol–water partition coefficient (Wildman–Crippen LogP) is -6.30. The lowest BCUT2D eigenvalue weighted by molar-refractivity contribution is -0.314. The summed E-state index contributed by atoms with van der Waals surface area (Å²) < 4.78 is 22.7. The molecule has 3 aliphatic rings.